The fourth-order valence-electron chi connectivity index (χ4n) is 9.36. The summed E-state index contributed by atoms with van der Waals surface area (Å²) in [6.07, 6.45) is 15.2. The van der Waals surface area contributed by atoms with Crippen LogP contribution in [0.25, 0.3) is 22.9 Å². The van der Waals surface area contributed by atoms with Gasteiger partial charge in [-0.05, 0) is 99.3 Å². The zero-order chi connectivity index (χ0) is 34.1. The van der Waals surface area contributed by atoms with E-state index in [1.165, 1.54) is 78.2 Å². The van der Waals surface area contributed by atoms with Gasteiger partial charge in [0, 0.05) is 46.9 Å². The Labute approximate surface area is 301 Å². The number of fused-ring (bicyclic) bond motifs is 7. The number of hydrogen-bond acceptors (Lipinski definition) is 2. The first kappa shape index (κ1) is 30.1. The van der Waals surface area contributed by atoms with Gasteiger partial charge in [-0.2, -0.15) is 0 Å². The van der Waals surface area contributed by atoms with E-state index >= 15 is 0 Å². The molecule has 0 amide bonds. The van der Waals surface area contributed by atoms with Crippen LogP contribution in [0.5, 0.6) is 0 Å². The monoisotopic (exact) mass is 656 g/mol. The summed E-state index contributed by atoms with van der Waals surface area (Å²) in [5, 5.41) is 2.52. The van der Waals surface area contributed by atoms with Crippen LogP contribution in [-0.2, 0) is 18.3 Å². The Bertz CT molecular complexity index is 2400. The SMILES string of the molecule is CC1(C)c2cc(/C=C/c3cccc4c(N5c6ccccc6Cc6ccccc65)cccc34)ccc2C2C=CC(N3CCCc4c#cccc43)=CC21. The molecule has 2 aliphatic carbocycles. The highest BCUT2D eigenvalue weighted by Gasteiger charge is 2.45. The first-order chi connectivity index (χ1) is 25.0. The molecule has 0 fully saturated rings. The van der Waals surface area contributed by atoms with Gasteiger partial charge in [-0.3, -0.25) is 0 Å². The summed E-state index contributed by atoms with van der Waals surface area (Å²) in [6.45, 7) is 5.93. The molecule has 2 nitrogen and oxygen atoms in total. The van der Waals surface area contributed by atoms with Gasteiger partial charge in [0.1, 0.15) is 0 Å². The van der Waals surface area contributed by atoms with Crippen molar-refractivity contribution < 1.29 is 0 Å². The molecule has 51 heavy (non-hydrogen) atoms. The normalized spacial score (nSPS) is 19.5. The van der Waals surface area contributed by atoms with Crippen molar-refractivity contribution >= 4 is 45.7 Å². The average Bonchev–Trinajstić information content (AvgIpc) is 3.40. The Morgan fingerprint density at radius 2 is 1.51 bits per heavy atom. The molecule has 4 aliphatic rings. The number of anilines is 4. The van der Waals surface area contributed by atoms with E-state index in [9.17, 15) is 0 Å². The lowest BCUT2D eigenvalue weighted by molar-refractivity contribution is 0.391. The van der Waals surface area contributed by atoms with Crippen molar-refractivity contribution in [1.82, 2.24) is 0 Å². The van der Waals surface area contributed by atoms with E-state index in [1.54, 1.807) is 0 Å². The molecular formula is C49H40N2. The molecule has 2 heterocycles. The Kier molecular flexibility index (Phi) is 6.87. The van der Waals surface area contributed by atoms with E-state index in [1.807, 2.05) is 6.07 Å². The predicted octanol–water partition coefficient (Wildman–Crippen LogP) is 11.9. The molecule has 6 aromatic rings. The van der Waals surface area contributed by atoms with Crippen molar-refractivity contribution in [1.29, 1.82) is 0 Å². The quantitative estimate of drug-likeness (QED) is 0.174. The smallest absolute Gasteiger partial charge is 0.0540 e. The lowest BCUT2D eigenvalue weighted by Crippen LogP contribution is -2.32. The molecule has 246 valence electrons. The van der Waals surface area contributed by atoms with Crippen molar-refractivity contribution in [2.24, 2.45) is 5.92 Å². The van der Waals surface area contributed by atoms with Gasteiger partial charge in [0.2, 0.25) is 0 Å². The minimum atomic E-state index is 0.0183. The molecule has 2 unspecified atom stereocenters. The highest BCUT2D eigenvalue weighted by Crippen LogP contribution is 2.54. The third-order valence-electron chi connectivity index (χ3n) is 11.9. The van der Waals surface area contributed by atoms with Crippen LogP contribution in [0.3, 0.4) is 0 Å². The van der Waals surface area contributed by atoms with Gasteiger partial charge >= 0.3 is 0 Å². The molecule has 0 bridgehead atoms. The number of benzene rings is 5. The van der Waals surface area contributed by atoms with Crippen molar-refractivity contribution in [2.75, 3.05) is 16.3 Å². The van der Waals surface area contributed by atoms with Crippen LogP contribution in [0.4, 0.5) is 22.7 Å². The molecule has 0 aromatic heterocycles. The summed E-state index contributed by atoms with van der Waals surface area (Å²) < 4.78 is 0. The van der Waals surface area contributed by atoms with Gasteiger partial charge in [0.25, 0.3) is 0 Å². The summed E-state index contributed by atoms with van der Waals surface area (Å²) in [6, 6.07) is 49.0. The number of rotatable bonds is 4. The standard InChI is InChI=1S/C49H40N2/c1-49(2)43-30-33(24-27-40(43)41-28-26-38(32-44(41)49)50-29-11-16-35-12-3-6-19-45(35)50)23-25-34-15-9-18-42-39(34)17-10-22-48(42)51-46-20-7-4-13-36(46)31-37-14-5-8-21-47(37)51/h4-10,13-15,17-28,30,32,41,44H,11,16,29,31H2,1-2H3/b25-23+. The fourth-order valence-corrected chi connectivity index (χ4v) is 9.36. The van der Waals surface area contributed by atoms with Crippen LogP contribution >= 0.6 is 0 Å². The second kappa shape index (κ2) is 11.6. The van der Waals surface area contributed by atoms with Crippen LogP contribution in [-0.4, -0.2) is 6.54 Å². The highest BCUT2D eigenvalue weighted by atomic mass is 15.2. The maximum absolute atomic E-state index is 3.37. The van der Waals surface area contributed by atoms with Crippen LogP contribution in [0.15, 0.2) is 139 Å². The largest absolute Gasteiger partial charge is 0.341 e. The van der Waals surface area contributed by atoms with E-state index in [0.29, 0.717) is 11.8 Å². The number of nitrogens with zero attached hydrogens (tertiary/aromatic N) is 2. The third-order valence-corrected chi connectivity index (χ3v) is 11.9. The fraction of sp³-hybridized carbons (Fsp3) is 0.184. The summed E-state index contributed by atoms with van der Waals surface area (Å²) in [7, 11) is 0. The number of allylic oxidation sites excluding steroid dienone is 3. The highest BCUT2D eigenvalue weighted by molar-refractivity contribution is 6.04. The Morgan fingerprint density at radius 3 is 2.35 bits per heavy atom. The van der Waals surface area contributed by atoms with Crippen LogP contribution in [0.2, 0.25) is 0 Å². The Balaban J connectivity index is 0.982. The minimum absolute atomic E-state index is 0.0183. The van der Waals surface area contributed by atoms with E-state index in [4.69, 9.17) is 0 Å². The molecule has 2 aliphatic heterocycles. The third kappa shape index (κ3) is 4.79. The molecule has 0 N–H and O–H groups in total. The first-order valence-corrected chi connectivity index (χ1v) is 18.4. The average molecular weight is 657 g/mol. The molecular weight excluding hydrogens is 617 g/mol. The van der Waals surface area contributed by atoms with Crippen LogP contribution in [0, 0.1) is 18.1 Å². The number of para-hydroxylation sites is 2. The molecule has 10 rings (SSSR count). The summed E-state index contributed by atoms with van der Waals surface area (Å²) in [5.41, 5.74) is 15.8. The summed E-state index contributed by atoms with van der Waals surface area (Å²) >= 11 is 0. The van der Waals surface area contributed by atoms with Gasteiger partial charge in [-0.1, -0.05) is 135 Å². The van der Waals surface area contributed by atoms with Crippen LogP contribution in [0.1, 0.15) is 65.1 Å². The second-order valence-electron chi connectivity index (χ2n) is 15.1. The van der Waals surface area contributed by atoms with Gasteiger partial charge in [-0.25, -0.2) is 0 Å². The molecule has 0 radical (unpaired) electrons. The number of hydrogen-bond donors (Lipinski definition) is 0. The zero-order valence-corrected chi connectivity index (χ0v) is 29.2. The van der Waals surface area contributed by atoms with Gasteiger partial charge < -0.3 is 9.80 Å². The van der Waals surface area contributed by atoms with Crippen LogP contribution < -0.4 is 9.80 Å². The van der Waals surface area contributed by atoms with E-state index < -0.39 is 0 Å². The predicted molar refractivity (Wildman–Crippen MR) is 213 cm³/mol. The van der Waals surface area contributed by atoms with Gasteiger partial charge in [0.15, 0.2) is 0 Å². The van der Waals surface area contributed by atoms with Crippen molar-refractivity contribution in [3.05, 3.63) is 190 Å². The Morgan fingerprint density at radius 1 is 0.745 bits per heavy atom. The maximum atomic E-state index is 3.37. The molecule has 0 spiro atoms. The zero-order valence-electron chi connectivity index (χ0n) is 29.2. The van der Waals surface area contributed by atoms with Crippen molar-refractivity contribution in [3.63, 3.8) is 0 Å². The Hall–Kier alpha value is -5.78. The minimum Gasteiger partial charge on any atom is -0.341 e. The van der Waals surface area contributed by atoms with Crippen molar-refractivity contribution in [2.45, 2.75) is 44.4 Å². The van der Waals surface area contributed by atoms with Gasteiger partial charge in [0.05, 0.1) is 11.4 Å². The topological polar surface area (TPSA) is 6.48 Å². The van der Waals surface area contributed by atoms with E-state index in [0.717, 1.165) is 25.8 Å². The molecule has 2 atom stereocenters. The molecule has 2 heteroatoms. The lowest BCUT2D eigenvalue weighted by atomic mass is 9.74. The second-order valence-corrected chi connectivity index (χ2v) is 15.1. The summed E-state index contributed by atoms with van der Waals surface area (Å²) in [4.78, 5) is 4.96. The first-order valence-electron chi connectivity index (χ1n) is 18.4. The maximum Gasteiger partial charge on any atom is 0.0540 e. The van der Waals surface area contributed by atoms with Crippen molar-refractivity contribution in [3.8, 4) is 0 Å². The molecule has 0 saturated carbocycles. The molecule has 0 saturated heterocycles. The lowest BCUT2D eigenvalue weighted by Gasteiger charge is -2.36. The van der Waals surface area contributed by atoms with E-state index in [2.05, 4.69) is 175 Å². The molecule has 6 aromatic carbocycles. The summed E-state index contributed by atoms with van der Waals surface area (Å²) in [5.74, 6) is 0.816. The van der Waals surface area contributed by atoms with E-state index in [-0.39, 0.29) is 5.41 Å². The van der Waals surface area contributed by atoms with Gasteiger partial charge in [-0.15, -0.1) is 0 Å².